The summed E-state index contributed by atoms with van der Waals surface area (Å²) in [6.45, 7) is 5.03. The molecule has 2 rings (SSSR count). The minimum Gasteiger partial charge on any atom is -0.481 e. The number of carboxylic acid groups (broad SMARTS) is 1. The SMILES string of the molecule is Cc1cc2nc(C(C)(C)C(=O)O)cn2nc1Cl. The average molecular weight is 254 g/mol. The Hall–Kier alpha value is -1.62. The Labute approximate surface area is 103 Å². The van der Waals surface area contributed by atoms with Gasteiger partial charge in [0, 0.05) is 0 Å². The topological polar surface area (TPSA) is 67.5 Å². The molecule has 17 heavy (non-hydrogen) atoms. The second kappa shape index (κ2) is 3.70. The highest BCUT2D eigenvalue weighted by atomic mass is 35.5. The molecule has 0 spiro atoms. The molecule has 90 valence electrons. The van der Waals surface area contributed by atoms with Crippen molar-refractivity contribution in [2.45, 2.75) is 26.2 Å². The van der Waals surface area contributed by atoms with Crippen LogP contribution in [0, 0.1) is 6.92 Å². The van der Waals surface area contributed by atoms with Gasteiger partial charge in [0.25, 0.3) is 0 Å². The molecule has 0 saturated carbocycles. The number of hydrogen-bond acceptors (Lipinski definition) is 3. The minimum absolute atomic E-state index is 0.384. The van der Waals surface area contributed by atoms with Crippen LogP contribution in [0.4, 0.5) is 0 Å². The van der Waals surface area contributed by atoms with Gasteiger partial charge in [-0.1, -0.05) is 11.6 Å². The second-order valence-corrected chi connectivity index (χ2v) is 4.84. The zero-order chi connectivity index (χ0) is 12.8. The van der Waals surface area contributed by atoms with Crippen molar-refractivity contribution in [1.82, 2.24) is 14.6 Å². The molecule has 2 aromatic heterocycles. The molecule has 1 N–H and O–H groups in total. The summed E-state index contributed by atoms with van der Waals surface area (Å²) in [7, 11) is 0. The largest absolute Gasteiger partial charge is 0.481 e. The van der Waals surface area contributed by atoms with Crippen LogP contribution in [0.1, 0.15) is 25.1 Å². The van der Waals surface area contributed by atoms with Crippen LogP contribution in [0.3, 0.4) is 0 Å². The molecule has 2 aromatic rings. The number of hydrogen-bond donors (Lipinski definition) is 1. The van der Waals surface area contributed by atoms with Crippen molar-refractivity contribution in [3.05, 3.63) is 28.7 Å². The van der Waals surface area contributed by atoms with Gasteiger partial charge in [0.2, 0.25) is 0 Å². The van der Waals surface area contributed by atoms with Gasteiger partial charge in [-0.05, 0) is 32.4 Å². The molecule has 0 aromatic carbocycles. The van der Waals surface area contributed by atoms with Gasteiger partial charge < -0.3 is 5.11 Å². The summed E-state index contributed by atoms with van der Waals surface area (Å²) in [6.07, 6.45) is 1.59. The smallest absolute Gasteiger partial charge is 0.315 e. The van der Waals surface area contributed by atoms with Gasteiger partial charge in [-0.15, -0.1) is 0 Å². The Bertz CT molecular complexity index is 565. The lowest BCUT2D eigenvalue weighted by atomic mass is 9.90. The van der Waals surface area contributed by atoms with E-state index < -0.39 is 11.4 Å². The monoisotopic (exact) mass is 253 g/mol. The van der Waals surface area contributed by atoms with E-state index in [0.717, 1.165) is 5.56 Å². The Morgan fingerprint density at radius 2 is 2.18 bits per heavy atom. The lowest BCUT2D eigenvalue weighted by Gasteiger charge is -2.15. The molecular formula is C11H12ClN3O2. The lowest BCUT2D eigenvalue weighted by molar-refractivity contribution is -0.142. The van der Waals surface area contributed by atoms with Crippen LogP contribution in [-0.4, -0.2) is 25.7 Å². The fourth-order valence-corrected chi connectivity index (χ4v) is 1.54. The Kier molecular flexibility index (Phi) is 2.58. The fraction of sp³-hybridized carbons (Fsp3) is 0.364. The fourth-order valence-electron chi connectivity index (χ4n) is 1.40. The van der Waals surface area contributed by atoms with Crippen molar-refractivity contribution in [2.75, 3.05) is 0 Å². The van der Waals surface area contributed by atoms with Crippen molar-refractivity contribution >= 4 is 23.2 Å². The zero-order valence-corrected chi connectivity index (χ0v) is 10.5. The molecule has 0 unspecified atom stereocenters. The van der Waals surface area contributed by atoms with Crippen LogP contribution in [0.5, 0.6) is 0 Å². The third-order valence-electron chi connectivity index (χ3n) is 2.76. The van der Waals surface area contributed by atoms with Crippen LogP contribution in [0.15, 0.2) is 12.3 Å². The van der Waals surface area contributed by atoms with Crippen LogP contribution >= 0.6 is 11.6 Å². The number of imidazole rings is 1. The van der Waals surface area contributed by atoms with Crippen LogP contribution in [0.25, 0.3) is 5.65 Å². The highest BCUT2D eigenvalue weighted by Gasteiger charge is 2.32. The van der Waals surface area contributed by atoms with Gasteiger partial charge in [-0.25, -0.2) is 9.50 Å². The van der Waals surface area contributed by atoms with E-state index in [0.29, 0.717) is 16.5 Å². The van der Waals surface area contributed by atoms with E-state index in [1.807, 2.05) is 6.92 Å². The molecule has 6 heteroatoms. The number of aromatic nitrogens is 3. The predicted molar refractivity (Wildman–Crippen MR) is 63.4 cm³/mol. The predicted octanol–water partition coefficient (Wildman–Crippen LogP) is 2.05. The molecule has 0 aliphatic heterocycles. The number of carboxylic acids is 1. The first-order chi connectivity index (χ1) is 7.82. The molecule has 5 nitrogen and oxygen atoms in total. The molecule has 0 aliphatic rings. The number of rotatable bonds is 2. The molecule has 0 bridgehead atoms. The number of aliphatic carboxylic acids is 1. The van der Waals surface area contributed by atoms with E-state index in [-0.39, 0.29) is 0 Å². The Morgan fingerprint density at radius 1 is 1.53 bits per heavy atom. The standard InChI is InChI=1S/C11H12ClN3O2/c1-6-4-8-13-7(11(2,3)10(16)17)5-15(8)14-9(6)12/h4-5H,1-3H3,(H,16,17). The molecule has 0 radical (unpaired) electrons. The van der Waals surface area contributed by atoms with Crippen molar-refractivity contribution in [2.24, 2.45) is 0 Å². The number of nitrogens with zero attached hydrogens (tertiary/aromatic N) is 3. The number of carbonyl (C=O) groups is 1. The van der Waals surface area contributed by atoms with E-state index in [1.165, 1.54) is 4.52 Å². The lowest BCUT2D eigenvalue weighted by Crippen LogP contribution is -2.28. The molecule has 0 saturated heterocycles. The number of fused-ring (bicyclic) bond motifs is 1. The van der Waals surface area contributed by atoms with E-state index in [2.05, 4.69) is 10.1 Å². The van der Waals surface area contributed by atoms with Crippen molar-refractivity contribution < 1.29 is 9.90 Å². The third-order valence-corrected chi connectivity index (χ3v) is 3.13. The zero-order valence-electron chi connectivity index (χ0n) is 9.73. The van der Waals surface area contributed by atoms with E-state index in [1.54, 1.807) is 26.1 Å². The maximum Gasteiger partial charge on any atom is 0.315 e. The highest BCUT2D eigenvalue weighted by Crippen LogP contribution is 2.23. The number of halogens is 1. The molecule has 0 fully saturated rings. The van der Waals surface area contributed by atoms with Gasteiger partial charge >= 0.3 is 5.97 Å². The summed E-state index contributed by atoms with van der Waals surface area (Å²) < 4.78 is 1.50. The maximum atomic E-state index is 11.1. The molecule has 0 atom stereocenters. The third kappa shape index (κ3) is 1.86. The quantitative estimate of drug-likeness (QED) is 0.890. The second-order valence-electron chi connectivity index (χ2n) is 4.48. The summed E-state index contributed by atoms with van der Waals surface area (Å²) in [6, 6.07) is 1.77. The number of aryl methyl sites for hydroxylation is 1. The van der Waals surface area contributed by atoms with Gasteiger partial charge in [-0.3, -0.25) is 4.79 Å². The van der Waals surface area contributed by atoms with E-state index in [9.17, 15) is 4.79 Å². The van der Waals surface area contributed by atoms with Crippen molar-refractivity contribution in [1.29, 1.82) is 0 Å². The summed E-state index contributed by atoms with van der Waals surface area (Å²) in [5, 5.41) is 13.6. The van der Waals surface area contributed by atoms with Crippen LogP contribution < -0.4 is 0 Å². The first kappa shape index (κ1) is 11.9. The summed E-state index contributed by atoms with van der Waals surface area (Å²) in [5.41, 5.74) is 0.813. The summed E-state index contributed by atoms with van der Waals surface area (Å²) in [4.78, 5) is 15.4. The van der Waals surface area contributed by atoms with Gasteiger partial charge in [0.1, 0.15) is 5.41 Å². The van der Waals surface area contributed by atoms with Crippen LogP contribution in [-0.2, 0) is 10.2 Å². The molecule has 0 aliphatic carbocycles. The van der Waals surface area contributed by atoms with E-state index >= 15 is 0 Å². The molecule has 2 heterocycles. The highest BCUT2D eigenvalue weighted by molar-refractivity contribution is 6.30. The molecule has 0 amide bonds. The summed E-state index contributed by atoms with van der Waals surface area (Å²) in [5.74, 6) is -0.927. The first-order valence-electron chi connectivity index (χ1n) is 5.09. The summed E-state index contributed by atoms with van der Waals surface area (Å²) >= 11 is 5.90. The van der Waals surface area contributed by atoms with Gasteiger partial charge in [0.05, 0.1) is 11.9 Å². The maximum absolute atomic E-state index is 11.1. The molecular weight excluding hydrogens is 242 g/mol. The Balaban J connectivity index is 2.63. The van der Waals surface area contributed by atoms with Gasteiger partial charge in [-0.2, -0.15) is 5.10 Å². The van der Waals surface area contributed by atoms with Crippen molar-refractivity contribution in [3.63, 3.8) is 0 Å². The van der Waals surface area contributed by atoms with Crippen LogP contribution in [0.2, 0.25) is 5.15 Å². The van der Waals surface area contributed by atoms with Gasteiger partial charge in [0.15, 0.2) is 10.8 Å². The van der Waals surface area contributed by atoms with E-state index in [4.69, 9.17) is 16.7 Å². The first-order valence-corrected chi connectivity index (χ1v) is 5.46. The van der Waals surface area contributed by atoms with Crippen molar-refractivity contribution in [3.8, 4) is 0 Å². The average Bonchev–Trinajstić information content (AvgIpc) is 2.62. The normalized spacial score (nSPS) is 12.0. The Morgan fingerprint density at radius 3 is 2.76 bits per heavy atom. The minimum atomic E-state index is -1.05.